The summed E-state index contributed by atoms with van der Waals surface area (Å²) in [7, 11) is 0. The van der Waals surface area contributed by atoms with Crippen LogP contribution in [-0.2, 0) is 16.0 Å². The van der Waals surface area contributed by atoms with Crippen molar-refractivity contribution in [3.05, 3.63) is 21.9 Å². The van der Waals surface area contributed by atoms with Crippen molar-refractivity contribution < 1.29 is 9.53 Å². The van der Waals surface area contributed by atoms with Crippen LogP contribution < -0.4 is 5.73 Å². The summed E-state index contributed by atoms with van der Waals surface area (Å²) in [6.07, 6.45) is 1.72. The zero-order valence-corrected chi connectivity index (χ0v) is 11.7. The van der Waals surface area contributed by atoms with E-state index in [1.807, 2.05) is 6.92 Å². The van der Waals surface area contributed by atoms with Gasteiger partial charge in [0.05, 0.1) is 23.7 Å². The highest BCUT2D eigenvalue weighted by molar-refractivity contribution is 9.10. The lowest BCUT2D eigenvalue weighted by molar-refractivity contribution is -0.142. The summed E-state index contributed by atoms with van der Waals surface area (Å²) >= 11 is 3.34. The summed E-state index contributed by atoms with van der Waals surface area (Å²) in [4.78, 5) is 15.9. The Morgan fingerprint density at radius 3 is 3.00 bits per heavy atom. The van der Waals surface area contributed by atoms with Crippen molar-refractivity contribution in [3.8, 4) is 0 Å². The molecule has 0 aliphatic carbocycles. The fourth-order valence-electron chi connectivity index (χ4n) is 1.71. The molecule has 6 nitrogen and oxygen atoms in total. The van der Waals surface area contributed by atoms with E-state index in [0.29, 0.717) is 29.3 Å². The maximum Gasteiger partial charge on any atom is 0.310 e. The van der Waals surface area contributed by atoms with Gasteiger partial charge in [-0.05, 0) is 29.8 Å². The molecule has 2 aromatic heterocycles. The van der Waals surface area contributed by atoms with Gasteiger partial charge < -0.3 is 10.5 Å². The Morgan fingerprint density at radius 2 is 2.33 bits per heavy atom. The molecule has 0 saturated heterocycles. The van der Waals surface area contributed by atoms with Gasteiger partial charge in [-0.3, -0.25) is 4.79 Å². The topological polar surface area (TPSA) is 82.5 Å². The molecule has 0 unspecified atom stereocenters. The van der Waals surface area contributed by atoms with Crippen molar-refractivity contribution in [1.82, 2.24) is 14.6 Å². The minimum atomic E-state index is -0.320. The second-order valence-electron chi connectivity index (χ2n) is 3.77. The van der Waals surface area contributed by atoms with E-state index in [1.54, 1.807) is 13.1 Å². The Hall–Kier alpha value is -1.63. The molecule has 0 fully saturated rings. The number of rotatable bonds is 3. The number of aryl methyl sites for hydroxylation is 1. The number of nitrogens with zero attached hydrogens (tertiary/aromatic N) is 3. The average Bonchev–Trinajstić information content (AvgIpc) is 2.67. The fourth-order valence-corrected chi connectivity index (χ4v) is 2.06. The SMILES string of the molecule is CCOC(=O)Cc1c(C)nc2c(Br)cnn2c1N. The lowest BCUT2D eigenvalue weighted by atomic mass is 10.1. The third-order valence-electron chi connectivity index (χ3n) is 2.57. The number of hydrogen-bond acceptors (Lipinski definition) is 5. The summed E-state index contributed by atoms with van der Waals surface area (Å²) < 4.78 is 7.18. The van der Waals surface area contributed by atoms with Gasteiger partial charge in [0.15, 0.2) is 5.65 Å². The Bertz CT molecular complexity index is 609. The van der Waals surface area contributed by atoms with Gasteiger partial charge in [-0.1, -0.05) is 0 Å². The van der Waals surface area contributed by atoms with E-state index >= 15 is 0 Å². The minimum absolute atomic E-state index is 0.103. The number of fused-ring (bicyclic) bond motifs is 1. The predicted octanol–water partition coefficient (Wildman–Crippen LogP) is 1.49. The molecule has 0 amide bonds. The smallest absolute Gasteiger partial charge is 0.310 e. The van der Waals surface area contributed by atoms with Gasteiger partial charge in [-0.25, -0.2) is 4.98 Å². The molecular formula is C11H13BrN4O2. The maximum absolute atomic E-state index is 11.5. The number of nitrogens with two attached hydrogens (primary N) is 1. The first-order valence-electron chi connectivity index (χ1n) is 5.48. The van der Waals surface area contributed by atoms with Crippen LogP contribution in [0.15, 0.2) is 10.7 Å². The third kappa shape index (κ3) is 2.17. The minimum Gasteiger partial charge on any atom is -0.466 e. The number of esters is 1. The standard InChI is InChI=1S/C11H13BrN4O2/c1-3-18-9(17)4-7-6(2)15-11-8(12)5-14-16(11)10(7)13/h5H,3-4,13H2,1-2H3. The Kier molecular flexibility index (Phi) is 3.51. The van der Waals surface area contributed by atoms with Gasteiger partial charge in [-0.2, -0.15) is 9.61 Å². The highest BCUT2D eigenvalue weighted by Gasteiger charge is 2.16. The van der Waals surface area contributed by atoms with Crippen molar-refractivity contribution in [1.29, 1.82) is 0 Å². The highest BCUT2D eigenvalue weighted by atomic mass is 79.9. The number of hydrogen-bond donors (Lipinski definition) is 1. The fraction of sp³-hybridized carbons (Fsp3) is 0.364. The third-order valence-corrected chi connectivity index (χ3v) is 3.13. The van der Waals surface area contributed by atoms with Gasteiger partial charge in [0.25, 0.3) is 0 Å². The van der Waals surface area contributed by atoms with Crippen molar-refractivity contribution in [3.63, 3.8) is 0 Å². The second kappa shape index (κ2) is 4.93. The molecule has 2 heterocycles. The molecule has 2 aromatic rings. The molecule has 0 saturated carbocycles. The van der Waals surface area contributed by atoms with Crippen molar-refractivity contribution in [2.75, 3.05) is 12.3 Å². The van der Waals surface area contributed by atoms with Crippen LogP contribution in [0.1, 0.15) is 18.2 Å². The van der Waals surface area contributed by atoms with Crippen LogP contribution in [0, 0.1) is 6.92 Å². The summed E-state index contributed by atoms with van der Waals surface area (Å²) in [6.45, 7) is 3.92. The molecule has 7 heteroatoms. The molecule has 2 rings (SSSR count). The molecule has 18 heavy (non-hydrogen) atoms. The van der Waals surface area contributed by atoms with E-state index in [2.05, 4.69) is 26.0 Å². The molecule has 0 spiro atoms. The van der Waals surface area contributed by atoms with Gasteiger partial charge in [0, 0.05) is 11.3 Å². The first kappa shape index (κ1) is 12.8. The summed E-state index contributed by atoms with van der Waals surface area (Å²) in [5.74, 6) is 0.0934. The number of anilines is 1. The van der Waals surface area contributed by atoms with Gasteiger partial charge >= 0.3 is 5.97 Å². The zero-order valence-electron chi connectivity index (χ0n) is 10.1. The van der Waals surface area contributed by atoms with Crippen molar-refractivity contribution >= 4 is 33.4 Å². The van der Waals surface area contributed by atoms with E-state index in [-0.39, 0.29) is 12.4 Å². The molecule has 0 radical (unpaired) electrons. The number of halogens is 1. The predicted molar refractivity (Wildman–Crippen MR) is 70.2 cm³/mol. The lowest BCUT2D eigenvalue weighted by Crippen LogP contribution is -2.14. The van der Waals surface area contributed by atoms with Gasteiger partial charge in [-0.15, -0.1) is 0 Å². The van der Waals surface area contributed by atoms with Gasteiger partial charge in [0.2, 0.25) is 0 Å². The van der Waals surface area contributed by atoms with E-state index in [4.69, 9.17) is 10.5 Å². The second-order valence-corrected chi connectivity index (χ2v) is 4.63. The van der Waals surface area contributed by atoms with Crippen LogP contribution in [0.2, 0.25) is 0 Å². The Labute approximate surface area is 112 Å². The molecule has 0 aromatic carbocycles. The van der Waals surface area contributed by atoms with Gasteiger partial charge in [0.1, 0.15) is 5.82 Å². The average molecular weight is 313 g/mol. The summed E-state index contributed by atoms with van der Waals surface area (Å²) in [5.41, 5.74) is 8.00. The number of aromatic nitrogens is 3. The number of carbonyl (C=O) groups is 1. The van der Waals surface area contributed by atoms with Crippen LogP contribution in [-0.4, -0.2) is 27.2 Å². The monoisotopic (exact) mass is 312 g/mol. The van der Waals surface area contributed by atoms with Crippen LogP contribution in [0.25, 0.3) is 5.65 Å². The maximum atomic E-state index is 11.5. The molecule has 0 aliphatic rings. The summed E-state index contributed by atoms with van der Waals surface area (Å²) in [6, 6.07) is 0. The summed E-state index contributed by atoms with van der Waals surface area (Å²) in [5, 5.41) is 4.10. The normalized spacial score (nSPS) is 10.8. The van der Waals surface area contributed by atoms with Crippen LogP contribution in [0.5, 0.6) is 0 Å². The zero-order chi connectivity index (χ0) is 13.3. The molecule has 96 valence electrons. The van der Waals surface area contributed by atoms with Crippen LogP contribution in [0.3, 0.4) is 0 Å². The van der Waals surface area contributed by atoms with Crippen LogP contribution >= 0.6 is 15.9 Å². The number of ether oxygens (including phenoxy) is 1. The molecular weight excluding hydrogens is 300 g/mol. The van der Waals surface area contributed by atoms with E-state index in [9.17, 15) is 4.79 Å². The lowest BCUT2D eigenvalue weighted by Gasteiger charge is -2.10. The quantitative estimate of drug-likeness (QED) is 0.868. The van der Waals surface area contributed by atoms with Crippen molar-refractivity contribution in [2.24, 2.45) is 0 Å². The molecule has 0 aliphatic heterocycles. The number of carbonyl (C=O) groups excluding carboxylic acids is 1. The molecule has 0 bridgehead atoms. The molecule has 2 N–H and O–H groups in total. The van der Waals surface area contributed by atoms with E-state index in [1.165, 1.54) is 4.52 Å². The van der Waals surface area contributed by atoms with Crippen LogP contribution in [0.4, 0.5) is 5.82 Å². The first-order valence-corrected chi connectivity index (χ1v) is 6.27. The Morgan fingerprint density at radius 1 is 1.61 bits per heavy atom. The van der Waals surface area contributed by atoms with E-state index in [0.717, 1.165) is 4.47 Å². The Balaban J connectivity index is 2.47. The number of nitrogen functional groups attached to an aromatic ring is 1. The molecule has 0 atom stereocenters. The van der Waals surface area contributed by atoms with Crippen molar-refractivity contribution in [2.45, 2.75) is 20.3 Å². The van der Waals surface area contributed by atoms with E-state index < -0.39 is 0 Å². The highest BCUT2D eigenvalue weighted by Crippen LogP contribution is 2.23. The first-order chi connectivity index (χ1) is 8.54. The largest absolute Gasteiger partial charge is 0.466 e.